The van der Waals surface area contributed by atoms with Gasteiger partial charge in [0.15, 0.2) is 0 Å². The molecule has 0 aliphatic heterocycles. The molecule has 0 unspecified atom stereocenters. The summed E-state index contributed by atoms with van der Waals surface area (Å²) >= 11 is 1.65. The number of nitrogens with two attached hydrogens (primary N) is 1. The Kier molecular flexibility index (Phi) is 5.20. The minimum Gasteiger partial charge on any atom is -0.368 e. The van der Waals surface area contributed by atoms with Gasteiger partial charge in [-0.2, -0.15) is 15.0 Å². The van der Waals surface area contributed by atoms with Crippen LogP contribution in [0, 0.1) is 13.8 Å². The Morgan fingerprint density at radius 3 is 2.68 bits per heavy atom. The second-order valence-electron chi connectivity index (χ2n) is 5.98. The zero-order valence-corrected chi connectivity index (χ0v) is 15.3. The second-order valence-corrected chi connectivity index (χ2v) is 6.93. The van der Waals surface area contributed by atoms with E-state index in [-0.39, 0.29) is 5.95 Å². The Morgan fingerprint density at radius 1 is 1.12 bits per heavy atom. The number of nitrogens with zero attached hydrogens (tertiary/aromatic N) is 5. The summed E-state index contributed by atoms with van der Waals surface area (Å²) in [6.45, 7) is 5.34. The molecule has 7 nitrogen and oxygen atoms in total. The summed E-state index contributed by atoms with van der Waals surface area (Å²) in [7, 11) is 2.00. The zero-order valence-electron chi connectivity index (χ0n) is 14.5. The molecule has 0 aliphatic carbocycles. The van der Waals surface area contributed by atoms with E-state index in [4.69, 9.17) is 5.73 Å². The smallest absolute Gasteiger partial charge is 0.232 e. The Labute approximate surface area is 151 Å². The molecule has 0 radical (unpaired) electrons. The third-order valence-corrected chi connectivity index (χ3v) is 4.41. The van der Waals surface area contributed by atoms with Crippen LogP contribution in [-0.2, 0) is 13.1 Å². The van der Waals surface area contributed by atoms with E-state index in [1.807, 2.05) is 50.5 Å². The van der Waals surface area contributed by atoms with Gasteiger partial charge >= 0.3 is 0 Å². The first-order valence-corrected chi connectivity index (χ1v) is 8.79. The van der Waals surface area contributed by atoms with Crippen molar-refractivity contribution in [3.63, 3.8) is 0 Å². The lowest BCUT2D eigenvalue weighted by molar-refractivity contribution is 0.310. The maximum Gasteiger partial charge on any atom is 0.232 e. The quantitative estimate of drug-likeness (QED) is 0.702. The minimum atomic E-state index is 0.207. The van der Waals surface area contributed by atoms with Crippen LogP contribution in [-0.4, -0.2) is 31.9 Å². The van der Waals surface area contributed by atoms with Gasteiger partial charge in [0, 0.05) is 16.8 Å². The Bertz CT molecular complexity index is 862. The van der Waals surface area contributed by atoms with Crippen molar-refractivity contribution in [1.29, 1.82) is 0 Å². The number of nitrogen functional groups attached to an aromatic ring is 1. The molecule has 130 valence electrons. The summed E-state index contributed by atoms with van der Waals surface area (Å²) in [5.74, 6) is 1.28. The van der Waals surface area contributed by atoms with Crippen molar-refractivity contribution < 1.29 is 0 Å². The van der Waals surface area contributed by atoms with E-state index < -0.39 is 0 Å². The van der Waals surface area contributed by atoms with E-state index in [9.17, 15) is 0 Å². The monoisotopic (exact) mass is 355 g/mol. The fraction of sp³-hybridized carbons (Fsp3) is 0.294. The van der Waals surface area contributed by atoms with Crippen LogP contribution >= 0.6 is 11.3 Å². The molecule has 0 aliphatic rings. The van der Waals surface area contributed by atoms with Gasteiger partial charge in [0.2, 0.25) is 11.9 Å². The average molecular weight is 355 g/mol. The lowest BCUT2D eigenvalue weighted by Gasteiger charge is -2.14. The van der Waals surface area contributed by atoms with Gasteiger partial charge in [-0.15, -0.1) is 11.3 Å². The molecule has 25 heavy (non-hydrogen) atoms. The zero-order chi connectivity index (χ0) is 17.8. The normalized spacial score (nSPS) is 11.0. The van der Waals surface area contributed by atoms with Crippen LogP contribution in [0.2, 0.25) is 0 Å². The first-order chi connectivity index (χ1) is 12.0. The number of rotatable bonds is 6. The van der Waals surface area contributed by atoms with E-state index >= 15 is 0 Å². The number of anilines is 3. The summed E-state index contributed by atoms with van der Waals surface area (Å²) in [6, 6.07) is 8.00. The van der Waals surface area contributed by atoms with Crippen molar-refractivity contribution in [2.45, 2.75) is 26.9 Å². The van der Waals surface area contributed by atoms with Crippen LogP contribution in [0.25, 0.3) is 0 Å². The highest BCUT2D eigenvalue weighted by molar-refractivity contribution is 7.09. The van der Waals surface area contributed by atoms with E-state index in [1.54, 1.807) is 11.3 Å². The molecule has 8 heteroatoms. The fourth-order valence-electron chi connectivity index (χ4n) is 2.42. The number of thiazole rings is 1. The molecule has 0 fully saturated rings. The van der Waals surface area contributed by atoms with E-state index in [1.165, 1.54) is 0 Å². The number of nitrogens with one attached hydrogen (secondary N) is 1. The topological polar surface area (TPSA) is 92.8 Å². The highest BCUT2D eigenvalue weighted by Gasteiger charge is 2.10. The standard InChI is InChI=1S/C17H21N7S/c1-11-5-4-6-13(7-11)20-17-22-14(21-16(18)23-17)8-24(3)9-15-19-12(2)10-25-15/h4-7,10H,8-9H2,1-3H3,(H3,18,20,21,22,23). The maximum atomic E-state index is 5.84. The van der Waals surface area contributed by atoms with Crippen molar-refractivity contribution in [1.82, 2.24) is 24.8 Å². The van der Waals surface area contributed by atoms with Gasteiger partial charge in [-0.05, 0) is 38.6 Å². The van der Waals surface area contributed by atoms with Crippen molar-refractivity contribution in [3.05, 3.63) is 51.7 Å². The highest BCUT2D eigenvalue weighted by atomic mass is 32.1. The summed E-state index contributed by atoms with van der Waals surface area (Å²) in [4.78, 5) is 19.5. The van der Waals surface area contributed by atoms with E-state index in [0.29, 0.717) is 18.3 Å². The molecule has 3 rings (SSSR count). The molecule has 0 saturated heterocycles. The molecule has 3 aromatic rings. The fourth-order valence-corrected chi connectivity index (χ4v) is 3.27. The molecule has 1 aromatic carbocycles. The van der Waals surface area contributed by atoms with Crippen LogP contribution < -0.4 is 11.1 Å². The molecule has 2 aromatic heterocycles. The number of benzene rings is 1. The average Bonchev–Trinajstić information content (AvgIpc) is 2.91. The van der Waals surface area contributed by atoms with Crippen LogP contribution in [0.3, 0.4) is 0 Å². The predicted octanol–water partition coefficient (Wildman–Crippen LogP) is 2.90. The lowest BCUT2D eigenvalue weighted by atomic mass is 10.2. The largest absolute Gasteiger partial charge is 0.368 e. The van der Waals surface area contributed by atoms with Gasteiger partial charge in [0.05, 0.1) is 13.1 Å². The highest BCUT2D eigenvalue weighted by Crippen LogP contribution is 2.16. The van der Waals surface area contributed by atoms with Gasteiger partial charge in [0.1, 0.15) is 10.8 Å². The third-order valence-electron chi connectivity index (χ3n) is 3.46. The van der Waals surface area contributed by atoms with Gasteiger partial charge in [0.25, 0.3) is 0 Å². The minimum absolute atomic E-state index is 0.207. The van der Waals surface area contributed by atoms with Crippen LogP contribution in [0.5, 0.6) is 0 Å². The number of aryl methyl sites for hydroxylation is 2. The van der Waals surface area contributed by atoms with Gasteiger partial charge in [-0.3, -0.25) is 4.90 Å². The van der Waals surface area contributed by atoms with E-state index in [2.05, 4.69) is 30.2 Å². The molecule has 0 saturated carbocycles. The molecular formula is C17H21N7S. The van der Waals surface area contributed by atoms with Gasteiger partial charge < -0.3 is 11.1 Å². The molecule has 0 bridgehead atoms. The summed E-state index contributed by atoms with van der Waals surface area (Å²) < 4.78 is 0. The Morgan fingerprint density at radius 2 is 1.96 bits per heavy atom. The SMILES string of the molecule is Cc1cccc(Nc2nc(N)nc(CN(C)Cc3nc(C)cs3)n2)c1. The number of hydrogen-bond donors (Lipinski definition) is 2. The molecule has 2 heterocycles. The van der Waals surface area contributed by atoms with Crippen LogP contribution in [0.4, 0.5) is 17.6 Å². The predicted molar refractivity (Wildman–Crippen MR) is 101 cm³/mol. The molecule has 0 amide bonds. The lowest BCUT2D eigenvalue weighted by Crippen LogP contribution is -2.20. The van der Waals surface area contributed by atoms with Crippen LogP contribution in [0.1, 0.15) is 22.1 Å². The molecular weight excluding hydrogens is 334 g/mol. The summed E-state index contributed by atoms with van der Waals surface area (Å²) in [5, 5.41) is 6.30. The third kappa shape index (κ3) is 4.94. The number of aromatic nitrogens is 4. The first-order valence-electron chi connectivity index (χ1n) is 7.91. The van der Waals surface area contributed by atoms with Crippen LogP contribution in [0.15, 0.2) is 29.6 Å². The van der Waals surface area contributed by atoms with Crippen molar-refractivity contribution in [2.75, 3.05) is 18.1 Å². The summed E-state index contributed by atoms with van der Waals surface area (Å²) in [6.07, 6.45) is 0. The van der Waals surface area contributed by atoms with Gasteiger partial charge in [-0.1, -0.05) is 12.1 Å². The van der Waals surface area contributed by atoms with Gasteiger partial charge in [-0.25, -0.2) is 4.98 Å². The molecule has 0 atom stereocenters. The Hall–Kier alpha value is -2.58. The maximum absolute atomic E-state index is 5.84. The first kappa shape index (κ1) is 17.2. The van der Waals surface area contributed by atoms with E-state index in [0.717, 1.165) is 28.5 Å². The number of hydrogen-bond acceptors (Lipinski definition) is 8. The van der Waals surface area contributed by atoms with Crippen molar-refractivity contribution >= 4 is 28.9 Å². The Balaban J connectivity index is 1.70. The molecule has 3 N–H and O–H groups in total. The van der Waals surface area contributed by atoms with Crippen molar-refractivity contribution in [2.24, 2.45) is 0 Å². The summed E-state index contributed by atoms with van der Waals surface area (Å²) in [5.41, 5.74) is 8.97. The second kappa shape index (κ2) is 7.54. The van der Waals surface area contributed by atoms with Crippen molar-refractivity contribution in [3.8, 4) is 0 Å². The molecule has 0 spiro atoms.